The normalized spacial score (nSPS) is 13.8. The van der Waals surface area contributed by atoms with Crippen molar-refractivity contribution in [2.75, 3.05) is 0 Å². The van der Waals surface area contributed by atoms with E-state index in [4.69, 9.17) is 16.7 Å². The Morgan fingerprint density at radius 2 is 2.17 bits per heavy atom. The highest BCUT2D eigenvalue weighted by Crippen LogP contribution is 2.27. The Labute approximate surface area is 115 Å². The van der Waals surface area contributed by atoms with Crippen molar-refractivity contribution in [3.05, 3.63) is 16.5 Å². The van der Waals surface area contributed by atoms with Crippen molar-refractivity contribution in [2.45, 2.75) is 30.5 Å². The molecule has 18 heavy (non-hydrogen) atoms. The molecule has 0 aliphatic carbocycles. The van der Waals surface area contributed by atoms with Gasteiger partial charge in [0.25, 0.3) is 10.0 Å². The molecule has 0 unspecified atom stereocenters. The summed E-state index contributed by atoms with van der Waals surface area (Å²) in [6.07, 6.45) is 0.220. The van der Waals surface area contributed by atoms with Gasteiger partial charge in [0.05, 0.1) is 5.02 Å². The molecule has 0 aliphatic rings. The van der Waals surface area contributed by atoms with Gasteiger partial charge in [0.2, 0.25) is 0 Å². The molecule has 1 heterocycles. The fraction of sp³-hybridized carbons (Fsp3) is 0.500. The second kappa shape index (κ2) is 6.01. The summed E-state index contributed by atoms with van der Waals surface area (Å²) in [4.78, 5) is 11.0. The number of rotatable bonds is 6. The Hall–Kier alpha value is -0.630. The maximum atomic E-state index is 12.0. The first-order valence-corrected chi connectivity index (χ1v) is 7.96. The maximum absolute atomic E-state index is 12.0. The predicted octanol–water partition coefficient (Wildman–Crippen LogP) is 2.18. The minimum absolute atomic E-state index is 0.0563. The second-order valence-corrected chi connectivity index (χ2v) is 7.43. The third kappa shape index (κ3) is 3.94. The van der Waals surface area contributed by atoms with Gasteiger partial charge in [-0.05, 0) is 23.8 Å². The molecular formula is C10H14ClNO4S2. The van der Waals surface area contributed by atoms with Gasteiger partial charge in [-0.3, -0.25) is 4.79 Å². The Kier molecular flexibility index (Phi) is 5.15. The van der Waals surface area contributed by atoms with Gasteiger partial charge in [-0.25, -0.2) is 8.42 Å². The fourth-order valence-corrected chi connectivity index (χ4v) is 4.29. The van der Waals surface area contributed by atoms with E-state index in [2.05, 4.69) is 4.72 Å². The molecule has 1 aromatic rings. The van der Waals surface area contributed by atoms with Crippen LogP contribution in [0.15, 0.2) is 15.7 Å². The molecule has 1 rings (SSSR count). The number of nitrogens with one attached hydrogen (secondary N) is 1. The van der Waals surface area contributed by atoms with Gasteiger partial charge in [-0.15, -0.1) is 11.3 Å². The molecule has 0 saturated heterocycles. The summed E-state index contributed by atoms with van der Waals surface area (Å²) in [6.45, 7) is 3.64. The third-order valence-corrected chi connectivity index (χ3v) is 5.63. The van der Waals surface area contributed by atoms with E-state index in [0.717, 1.165) is 11.3 Å². The van der Waals surface area contributed by atoms with Gasteiger partial charge >= 0.3 is 5.97 Å². The summed E-state index contributed by atoms with van der Waals surface area (Å²) in [6, 6.07) is 0.312. The van der Waals surface area contributed by atoms with E-state index in [0.29, 0.717) is 0 Å². The van der Waals surface area contributed by atoms with Crippen LogP contribution in [0.3, 0.4) is 0 Å². The van der Waals surface area contributed by atoms with E-state index in [1.807, 2.05) is 13.8 Å². The third-order valence-electron chi connectivity index (χ3n) is 2.13. The summed E-state index contributed by atoms with van der Waals surface area (Å²) in [5, 5.41) is 10.6. The Morgan fingerprint density at radius 1 is 1.56 bits per heavy atom. The Morgan fingerprint density at radius 3 is 2.56 bits per heavy atom. The van der Waals surface area contributed by atoms with E-state index >= 15 is 0 Å². The molecule has 8 heteroatoms. The number of carboxylic acids is 1. The van der Waals surface area contributed by atoms with E-state index in [1.165, 1.54) is 11.4 Å². The smallest absolute Gasteiger partial charge is 0.321 e. The highest BCUT2D eigenvalue weighted by atomic mass is 35.5. The van der Waals surface area contributed by atoms with Crippen molar-refractivity contribution in [3.63, 3.8) is 0 Å². The topological polar surface area (TPSA) is 83.5 Å². The summed E-state index contributed by atoms with van der Waals surface area (Å²) >= 11 is 6.69. The van der Waals surface area contributed by atoms with Crippen LogP contribution in [0, 0.1) is 5.92 Å². The molecule has 1 atom stereocenters. The van der Waals surface area contributed by atoms with Crippen LogP contribution in [-0.4, -0.2) is 25.5 Å². The van der Waals surface area contributed by atoms with Crippen LogP contribution >= 0.6 is 22.9 Å². The highest BCUT2D eigenvalue weighted by Gasteiger charge is 2.28. The molecule has 5 nitrogen and oxygen atoms in total. The quantitative estimate of drug-likeness (QED) is 0.843. The largest absolute Gasteiger partial charge is 0.480 e. The average molecular weight is 312 g/mol. The first kappa shape index (κ1) is 15.4. The van der Waals surface area contributed by atoms with Gasteiger partial charge in [-0.1, -0.05) is 25.4 Å². The molecule has 0 spiro atoms. The summed E-state index contributed by atoms with van der Waals surface area (Å²) in [5.74, 6) is -1.13. The molecule has 0 fully saturated rings. The molecule has 102 valence electrons. The lowest BCUT2D eigenvalue weighted by atomic mass is 10.1. The van der Waals surface area contributed by atoms with Crippen LogP contribution in [0.2, 0.25) is 5.02 Å². The average Bonchev–Trinajstić information content (AvgIpc) is 2.62. The van der Waals surface area contributed by atoms with Crippen LogP contribution in [-0.2, 0) is 14.8 Å². The van der Waals surface area contributed by atoms with E-state index in [1.54, 1.807) is 0 Å². The van der Waals surface area contributed by atoms with Crippen molar-refractivity contribution in [3.8, 4) is 0 Å². The summed E-state index contributed by atoms with van der Waals surface area (Å²) < 4.78 is 26.0. The number of thiophene rings is 1. The second-order valence-electron chi connectivity index (χ2n) is 4.20. The zero-order valence-electron chi connectivity index (χ0n) is 9.88. The number of hydrogen-bond donors (Lipinski definition) is 2. The zero-order chi connectivity index (χ0) is 13.9. The van der Waals surface area contributed by atoms with E-state index < -0.39 is 22.0 Å². The van der Waals surface area contributed by atoms with Crippen molar-refractivity contribution in [1.29, 1.82) is 0 Å². The molecule has 0 aromatic carbocycles. The van der Waals surface area contributed by atoms with E-state index in [-0.39, 0.29) is 21.6 Å². The number of carboxylic acid groups (broad SMARTS) is 1. The summed E-state index contributed by atoms with van der Waals surface area (Å²) in [5.41, 5.74) is 0. The highest BCUT2D eigenvalue weighted by molar-refractivity contribution is 7.91. The lowest BCUT2D eigenvalue weighted by Crippen LogP contribution is -2.41. The maximum Gasteiger partial charge on any atom is 0.321 e. The number of sulfonamides is 1. The van der Waals surface area contributed by atoms with E-state index in [9.17, 15) is 13.2 Å². The van der Waals surface area contributed by atoms with Crippen LogP contribution in [0.4, 0.5) is 0 Å². The SMILES string of the molecule is CC(C)C[C@H](NS(=O)(=O)c1sccc1Cl)C(=O)O. The van der Waals surface area contributed by atoms with Crippen LogP contribution in [0.1, 0.15) is 20.3 Å². The monoisotopic (exact) mass is 311 g/mol. The van der Waals surface area contributed by atoms with Crippen molar-refractivity contribution < 1.29 is 18.3 Å². The lowest BCUT2D eigenvalue weighted by molar-refractivity contribution is -0.139. The fourth-order valence-electron chi connectivity index (χ4n) is 1.38. The molecule has 0 amide bonds. The lowest BCUT2D eigenvalue weighted by Gasteiger charge is -2.16. The number of aliphatic carboxylic acids is 1. The van der Waals surface area contributed by atoms with Crippen LogP contribution in [0.5, 0.6) is 0 Å². The Bertz CT molecular complexity index is 524. The van der Waals surface area contributed by atoms with Crippen molar-refractivity contribution in [2.24, 2.45) is 5.92 Å². The number of hydrogen-bond acceptors (Lipinski definition) is 4. The minimum atomic E-state index is -3.88. The van der Waals surface area contributed by atoms with Gasteiger partial charge in [0, 0.05) is 0 Å². The van der Waals surface area contributed by atoms with Gasteiger partial charge in [-0.2, -0.15) is 4.72 Å². The molecule has 0 saturated carbocycles. The van der Waals surface area contributed by atoms with Crippen LogP contribution < -0.4 is 4.72 Å². The first-order chi connectivity index (χ1) is 8.24. The number of carbonyl (C=O) groups is 1. The molecule has 0 bridgehead atoms. The van der Waals surface area contributed by atoms with Gasteiger partial charge in [0.15, 0.2) is 4.21 Å². The molecule has 1 aromatic heterocycles. The minimum Gasteiger partial charge on any atom is -0.480 e. The standard InChI is InChI=1S/C10H14ClNO4S2/c1-6(2)5-8(9(13)14)12-18(15,16)10-7(11)3-4-17-10/h3-4,6,8,12H,5H2,1-2H3,(H,13,14)/t8-/m0/s1. The zero-order valence-corrected chi connectivity index (χ0v) is 12.3. The first-order valence-electron chi connectivity index (χ1n) is 5.22. The molecule has 2 N–H and O–H groups in total. The molecule has 0 radical (unpaired) electrons. The van der Waals surface area contributed by atoms with Crippen molar-refractivity contribution >= 4 is 38.9 Å². The molecule has 0 aliphatic heterocycles. The number of halogens is 1. The summed E-state index contributed by atoms with van der Waals surface area (Å²) in [7, 11) is -3.88. The van der Waals surface area contributed by atoms with Crippen LogP contribution in [0.25, 0.3) is 0 Å². The molecular weight excluding hydrogens is 298 g/mol. The Balaban J connectivity index is 2.94. The van der Waals surface area contributed by atoms with Gasteiger partial charge < -0.3 is 5.11 Å². The predicted molar refractivity (Wildman–Crippen MR) is 70.5 cm³/mol. The van der Waals surface area contributed by atoms with Gasteiger partial charge in [0.1, 0.15) is 6.04 Å². The van der Waals surface area contributed by atoms with Crippen molar-refractivity contribution in [1.82, 2.24) is 4.72 Å².